The minimum atomic E-state index is 0.920. The minimum Gasteiger partial charge on any atom is -0.455 e. The second kappa shape index (κ2) is 8.41. The summed E-state index contributed by atoms with van der Waals surface area (Å²) in [6.45, 7) is 0. The number of hydrogen-bond acceptors (Lipinski definition) is 3. The molecule has 0 radical (unpaired) electrons. The van der Waals surface area contributed by atoms with Crippen LogP contribution >= 0.6 is 11.3 Å². The quantitative estimate of drug-likeness (QED) is 0.240. The molecule has 0 aliphatic carbocycles. The fourth-order valence-corrected chi connectivity index (χ4v) is 6.53. The zero-order valence-corrected chi connectivity index (χ0v) is 21.2. The van der Waals surface area contributed by atoms with Gasteiger partial charge >= 0.3 is 0 Å². The van der Waals surface area contributed by atoms with E-state index in [0.29, 0.717) is 0 Å². The molecule has 178 valence electrons. The zero-order valence-electron chi connectivity index (χ0n) is 20.4. The van der Waals surface area contributed by atoms with E-state index in [1.54, 1.807) is 11.3 Å². The Morgan fingerprint density at radius 3 is 2.21 bits per heavy atom. The average Bonchev–Trinajstić information content (AvgIpc) is 3.60. The highest BCUT2D eigenvalue weighted by molar-refractivity contribution is 7.22. The molecule has 2 aromatic heterocycles. The molecule has 0 spiro atoms. The lowest BCUT2D eigenvalue weighted by atomic mass is 9.96. The van der Waals surface area contributed by atoms with Crippen molar-refractivity contribution in [2.24, 2.45) is 0 Å². The molecule has 0 N–H and O–H groups in total. The molecule has 0 aliphatic rings. The molecule has 0 atom stereocenters. The fourth-order valence-electron chi connectivity index (χ4n) is 5.43. The molecule has 8 aromatic rings. The maximum absolute atomic E-state index is 6.32. The highest BCUT2D eigenvalue weighted by Gasteiger charge is 2.14. The first kappa shape index (κ1) is 21.4. The van der Waals surface area contributed by atoms with Gasteiger partial charge in [0, 0.05) is 27.3 Å². The first-order valence-electron chi connectivity index (χ1n) is 12.7. The Labute approximate surface area is 223 Å². The van der Waals surface area contributed by atoms with Gasteiger partial charge in [-0.05, 0) is 46.3 Å². The molecule has 0 amide bonds. The van der Waals surface area contributed by atoms with Gasteiger partial charge < -0.3 is 4.42 Å². The summed E-state index contributed by atoms with van der Waals surface area (Å²) in [7, 11) is 0. The minimum absolute atomic E-state index is 0.920. The van der Waals surface area contributed by atoms with Gasteiger partial charge in [0.05, 0.1) is 10.2 Å². The molecule has 3 heteroatoms. The molecule has 0 saturated heterocycles. The van der Waals surface area contributed by atoms with Gasteiger partial charge in [0.1, 0.15) is 16.2 Å². The number of hydrogen-bond donors (Lipinski definition) is 0. The summed E-state index contributed by atoms with van der Waals surface area (Å²) < 4.78 is 7.55. The Morgan fingerprint density at radius 2 is 1.26 bits per heavy atom. The van der Waals surface area contributed by atoms with Crippen LogP contribution in [0.4, 0.5) is 0 Å². The second-order valence-electron chi connectivity index (χ2n) is 9.60. The van der Waals surface area contributed by atoms with Crippen molar-refractivity contribution in [2.45, 2.75) is 0 Å². The third kappa shape index (κ3) is 3.37. The fraction of sp³-hybridized carbons (Fsp3) is 0. The molecular formula is C35H21NOS. The lowest BCUT2D eigenvalue weighted by molar-refractivity contribution is 0.670. The normalized spacial score (nSPS) is 11.7. The lowest BCUT2D eigenvalue weighted by Gasteiger charge is -2.08. The van der Waals surface area contributed by atoms with Crippen LogP contribution in [0.5, 0.6) is 0 Å². The topological polar surface area (TPSA) is 26.0 Å². The number of thiazole rings is 1. The number of aromatic nitrogens is 1. The Bertz CT molecular complexity index is 2140. The predicted molar refractivity (Wildman–Crippen MR) is 161 cm³/mol. The summed E-state index contributed by atoms with van der Waals surface area (Å²) in [6.07, 6.45) is 0. The van der Waals surface area contributed by atoms with Gasteiger partial charge in [-0.2, -0.15) is 0 Å². The SMILES string of the molecule is c1ccc(-c2nc3ccc4ccc(-c5cccc(-c6cccc7c6oc6ccccc67)c5)cc4c3s2)cc1. The van der Waals surface area contributed by atoms with Crippen LogP contribution in [0.3, 0.4) is 0 Å². The number of para-hydroxylation sites is 2. The monoisotopic (exact) mass is 503 g/mol. The van der Waals surface area contributed by atoms with E-state index < -0.39 is 0 Å². The van der Waals surface area contributed by atoms with Crippen LogP contribution < -0.4 is 0 Å². The van der Waals surface area contributed by atoms with E-state index in [-0.39, 0.29) is 0 Å². The molecule has 2 heterocycles. The standard InChI is InChI=1S/C35H21NOS/c1-2-8-23(9-3-1)35-36-31-19-18-22-16-17-25(21-30(22)34(31)38-35)24-10-6-11-26(20-24)27-13-7-14-29-28-12-4-5-15-32(28)37-33(27)29/h1-21H. The lowest BCUT2D eigenvalue weighted by Crippen LogP contribution is -1.83. The highest BCUT2D eigenvalue weighted by atomic mass is 32.1. The van der Waals surface area contributed by atoms with Crippen LogP contribution in [0.15, 0.2) is 132 Å². The van der Waals surface area contributed by atoms with Gasteiger partial charge in [0.25, 0.3) is 0 Å². The van der Waals surface area contributed by atoms with E-state index in [1.807, 2.05) is 18.2 Å². The van der Waals surface area contributed by atoms with E-state index in [1.165, 1.54) is 26.6 Å². The van der Waals surface area contributed by atoms with Crippen molar-refractivity contribution in [1.82, 2.24) is 4.98 Å². The molecule has 0 unspecified atom stereocenters. The van der Waals surface area contributed by atoms with Gasteiger partial charge in [-0.25, -0.2) is 4.98 Å². The van der Waals surface area contributed by atoms with Crippen molar-refractivity contribution in [3.8, 4) is 32.8 Å². The predicted octanol–water partition coefficient (Wildman–Crippen LogP) is 10.3. The van der Waals surface area contributed by atoms with Crippen molar-refractivity contribution in [2.75, 3.05) is 0 Å². The van der Waals surface area contributed by atoms with E-state index >= 15 is 0 Å². The third-order valence-corrected chi connectivity index (χ3v) is 8.46. The Morgan fingerprint density at radius 1 is 0.526 bits per heavy atom. The van der Waals surface area contributed by atoms with Gasteiger partial charge in [-0.15, -0.1) is 11.3 Å². The zero-order chi connectivity index (χ0) is 25.1. The summed E-state index contributed by atoms with van der Waals surface area (Å²) in [4.78, 5) is 4.94. The molecule has 0 aliphatic heterocycles. The third-order valence-electron chi connectivity index (χ3n) is 7.30. The molecule has 0 fully saturated rings. The van der Waals surface area contributed by atoms with Crippen LogP contribution in [-0.2, 0) is 0 Å². The average molecular weight is 504 g/mol. The summed E-state index contributed by atoms with van der Waals surface area (Å²) in [5.41, 5.74) is 8.69. The van der Waals surface area contributed by atoms with Crippen LogP contribution in [-0.4, -0.2) is 4.98 Å². The van der Waals surface area contributed by atoms with Gasteiger partial charge in [-0.1, -0.05) is 103 Å². The number of fused-ring (bicyclic) bond motifs is 6. The summed E-state index contributed by atoms with van der Waals surface area (Å²) in [5, 5.41) is 5.83. The largest absolute Gasteiger partial charge is 0.455 e. The molecular weight excluding hydrogens is 482 g/mol. The number of furan rings is 1. The maximum Gasteiger partial charge on any atom is 0.143 e. The van der Waals surface area contributed by atoms with Crippen molar-refractivity contribution < 1.29 is 4.42 Å². The molecule has 0 bridgehead atoms. The Kier molecular flexibility index (Phi) is 4.73. The number of rotatable bonds is 3. The summed E-state index contributed by atoms with van der Waals surface area (Å²) in [5.74, 6) is 0. The van der Waals surface area contributed by atoms with Crippen molar-refractivity contribution in [1.29, 1.82) is 0 Å². The van der Waals surface area contributed by atoms with E-state index in [0.717, 1.165) is 49.2 Å². The van der Waals surface area contributed by atoms with Gasteiger partial charge in [0.2, 0.25) is 0 Å². The Balaban J connectivity index is 1.27. The molecule has 6 aromatic carbocycles. The maximum atomic E-state index is 6.32. The molecule has 0 saturated carbocycles. The molecule has 8 rings (SSSR count). The molecule has 2 nitrogen and oxygen atoms in total. The van der Waals surface area contributed by atoms with Crippen molar-refractivity contribution in [3.63, 3.8) is 0 Å². The van der Waals surface area contributed by atoms with Crippen LogP contribution in [0.2, 0.25) is 0 Å². The Hall–Kier alpha value is -4.73. The van der Waals surface area contributed by atoms with Crippen molar-refractivity contribution in [3.05, 3.63) is 127 Å². The van der Waals surface area contributed by atoms with Crippen LogP contribution in [0.25, 0.3) is 75.8 Å². The first-order chi connectivity index (χ1) is 18.8. The van der Waals surface area contributed by atoms with Gasteiger partial charge in [0.15, 0.2) is 0 Å². The van der Waals surface area contributed by atoms with Crippen LogP contribution in [0.1, 0.15) is 0 Å². The van der Waals surface area contributed by atoms with E-state index in [4.69, 9.17) is 9.40 Å². The van der Waals surface area contributed by atoms with Gasteiger partial charge in [-0.3, -0.25) is 0 Å². The van der Waals surface area contributed by atoms with E-state index in [9.17, 15) is 0 Å². The first-order valence-corrected chi connectivity index (χ1v) is 13.5. The smallest absolute Gasteiger partial charge is 0.143 e. The van der Waals surface area contributed by atoms with E-state index in [2.05, 4.69) is 109 Å². The number of nitrogens with zero attached hydrogens (tertiary/aromatic N) is 1. The van der Waals surface area contributed by atoms with Crippen molar-refractivity contribution >= 4 is 54.3 Å². The highest BCUT2D eigenvalue weighted by Crippen LogP contribution is 2.39. The number of benzene rings is 6. The molecule has 38 heavy (non-hydrogen) atoms. The second-order valence-corrected chi connectivity index (χ2v) is 10.6. The summed E-state index contributed by atoms with van der Waals surface area (Å²) in [6, 6.07) is 44.9. The summed E-state index contributed by atoms with van der Waals surface area (Å²) >= 11 is 1.76. The van der Waals surface area contributed by atoms with Crippen LogP contribution in [0, 0.1) is 0 Å².